The Labute approximate surface area is 136 Å². The third kappa shape index (κ3) is 2.37. The molecule has 0 saturated carbocycles. The predicted octanol–water partition coefficient (Wildman–Crippen LogP) is 3.82. The number of nitrogens with one attached hydrogen (secondary N) is 2. The Balaban J connectivity index is 1.76. The second-order valence-corrected chi connectivity index (χ2v) is 6.00. The van der Waals surface area contributed by atoms with Gasteiger partial charge in [0.1, 0.15) is 5.52 Å². The van der Waals surface area contributed by atoms with Crippen molar-refractivity contribution in [2.75, 3.05) is 7.05 Å². The highest BCUT2D eigenvalue weighted by Crippen LogP contribution is 2.35. The van der Waals surface area contributed by atoms with Crippen molar-refractivity contribution in [1.82, 2.24) is 15.3 Å². The number of nitrogens with zero attached hydrogens (tertiary/aromatic N) is 1. The van der Waals surface area contributed by atoms with E-state index in [2.05, 4.69) is 15.3 Å². The third-order valence-corrected chi connectivity index (χ3v) is 4.53. The zero-order chi connectivity index (χ0) is 15.8. The van der Waals surface area contributed by atoms with Gasteiger partial charge < -0.3 is 14.7 Å². The Kier molecular flexibility index (Phi) is 3.31. The van der Waals surface area contributed by atoms with Crippen LogP contribution in [0.4, 0.5) is 0 Å². The number of hydrogen-bond donors (Lipinski definition) is 2. The molecule has 0 aliphatic rings. The smallest absolute Gasteiger partial charge is 0.261 e. The molecule has 23 heavy (non-hydrogen) atoms. The molecule has 4 rings (SSSR count). The Morgan fingerprint density at radius 1 is 1.22 bits per heavy atom. The van der Waals surface area contributed by atoms with Crippen LogP contribution in [0.5, 0.6) is 0 Å². The van der Waals surface area contributed by atoms with E-state index >= 15 is 0 Å². The quantitative estimate of drug-likeness (QED) is 0.601. The summed E-state index contributed by atoms with van der Waals surface area (Å²) in [4.78, 5) is 20.6. The molecule has 4 aromatic rings. The van der Waals surface area contributed by atoms with Gasteiger partial charge in [-0.05, 0) is 30.0 Å². The first-order valence-electron chi connectivity index (χ1n) is 7.12. The van der Waals surface area contributed by atoms with Crippen molar-refractivity contribution in [3.8, 4) is 0 Å². The lowest BCUT2D eigenvalue weighted by molar-refractivity contribution is 0.0964. The number of rotatable bonds is 3. The molecular formula is C17H13N3O2S. The van der Waals surface area contributed by atoms with Crippen LogP contribution in [-0.2, 0) is 0 Å². The van der Waals surface area contributed by atoms with Crippen molar-refractivity contribution in [1.29, 1.82) is 0 Å². The van der Waals surface area contributed by atoms with E-state index in [0.717, 1.165) is 26.9 Å². The molecule has 6 heteroatoms. The number of fused-ring (bicyclic) bond motifs is 2. The minimum absolute atomic E-state index is 0.115. The van der Waals surface area contributed by atoms with Gasteiger partial charge in [-0.2, -0.15) is 0 Å². The molecule has 0 fully saturated rings. The number of hydrogen-bond acceptors (Lipinski definition) is 4. The minimum atomic E-state index is -0.115. The fourth-order valence-corrected chi connectivity index (χ4v) is 3.39. The van der Waals surface area contributed by atoms with E-state index in [-0.39, 0.29) is 5.91 Å². The van der Waals surface area contributed by atoms with Crippen LogP contribution in [0.1, 0.15) is 10.4 Å². The summed E-state index contributed by atoms with van der Waals surface area (Å²) in [7, 11) is 1.62. The average molecular weight is 323 g/mol. The second-order valence-electron chi connectivity index (χ2n) is 5.01. The highest BCUT2D eigenvalue weighted by Gasteiger charge is 2.15. The summed E-state index contributed by atoms with van der Waals surface area (Å²) >= 11 is 1.44. The molecular weight excluding hydrogens is 310 g/mol. The van der Waals surface area contributed by atoms with E-state index in [1.807, 2.05) is 42.6 Å². The molecule has 5 nitrogen and oxygen atoms in total. The highest BCUT2D eigenvalue weighted by molar-refractivity contribution is 7.99. The third-order valence-electron chi connectivity index (χ3n) is 3.62. The lowest BCUT2D eigenvalue weighted by Crippen LogP contribution is -2.17. The van der Waals surface area contributed by atoms with Gasteiger partial charge in [0.25, 0.3) is 11.1 Å². The van der Waals surface area contributed by atoms with Gasteiger partial charge >= 0.3 is 0 Å². The van der Waals surface area contributed by atoms with Crippen LogP contribution in [0.3, 0.4) is 0 Å². The maximum Gasteiger partial charge on any atom is 0.261 e. The van der Waals surface area contributed by atoms with Gasteiger partial charge in [0.15, 0.2) is 5.58 Å². The summed E-state index contributed by atoms with van der Waals surface area (Å²) in [5.74, 6) is -0.115. The maximum absolute atomic E-state index is 11.9. The molecule has 1 amide bonds. The average Bonchev–Trinajstić information content (AvgIpc) is 3.18. The molecule has 0 aliphatic carbocycles. The highest BCUT2D eigenvalue weighted by atomic mass is 32.2. The number of aromatic nitrogens is 2. The van der Waals surface area contributed by atoms with Crippen LogP contribution in [0.15, 0.2) is 63.2 Å². The summed E-state index contributed by atoms with van der Waals surface area (Å²) in [5, 5.41) is 4.21. The number of para-hydroxylation sites is 3. The number of H-pyrrole nitrogens is 1. The van der Waals surface area contributed by atoms with Crippen molar-refractivity contribution in [3.63, 3.8) is 0 Å². The summed E-state index contributed by atoms with van der Waals surface area (Å²) in [6.07, 6.45) is 1.87. The topological polar surface area (TPSA) is 70.9 Å². The predicted molar refractivity (Wildman–Crippen MR) is 89.8 cm³/mol. The van der Waals surface area contributed by atoms with Crippen LogP contribution >= 0.6 is 11.8 Å². The van der Waals surface area contributed by atoms with Crippen molar-refractivity contribution < 1.29 is 9.21 Å². The molecule has 0 saturated heterocycles. The van der Waals surface area contributed by atoms with Crippen molar-refractivity contribution in [2.45, 2.75) is 10.1 Å². The Bertz CT molecular complexity index is 986. The number of oxazole rings is 1. The first-order chi connectivity index (χ1) is 11.3. The van der Waals surface area contributed by atoms with Crippen LogP contribution < -0.4 is 5.32 Å². The largest absolute Gasteiger partial charge is 0.431 e. The van der Waals surface area contributed by atoms with Gasteiger partial charge in [0.2, 0.25) is 0 Å². The van der Waals surface area contributed by atoms with Crippen molar-refractivity contribution in [3.05, 3.63) is 54.2 Å². The molecule has 2 aromatic heterocycles. The molecule has 2 heterocycles. The molecule has 0 unspecified atom stereocenters. The number of benzene rings is 2. The standard InChI is InChI=1S/C17H13N3O2S/c1-18-16(21)11-6-4-5-10-14(9-19-15(10)11)23-17-20-12-7-2-3-8-13(12)22-17/h2-9,19H,1H3,(H,18,21). The zero-order valence-electron chi connectivity index (χ0n) is 12.3. The van der Waals surface area contributed by atoms with Crippen LogP contribution in [0.2, 0.25) is 0 Å². The fraction of sp³-hybridized carbons (Fsp3) is 0.0588. The first kappa shape index (κ1) is 13.9. The molecule has 0 bridgehead atoms. The summed E-state index contributed by atoms with van der Waals surface area (Å²) in [6.45, 7) is 0. The van der Waals surface area contributed by atoms with E-state index in [9.17, 15) is 4.79 Å². The van der Waals surface area contributed by atoms with Crippen LogP contribution in [0.25, 0.3) is 22.0 Å². The zero-order valence-corrected chi connectivity index (χ0v) is 13.1. The molecule has 0 atom stereocenters. The molecule has 2 aromatic carbocycles. The number of carbonyl (C=O) groups is 1. The fourth-order valence-electron chi connectivity index (χ4n) is 2.53. The summed E-state index contributed by atoms with van der Waals surface area (Å²) in [5.41, 5.74) is 3.03. The Morgan fingerprint density at radius 2 is 2.09 bits per heavy atom. The first-order valence-corrected chi connectivity index (χ1v) is 7.93. The number of carbonyl (C=O) groups excluding carboxylic acids is 1. The molecule has 0 aliphatic heterocycles. The van der Waals surface area contributed by atoms with Gasteiger partial charge in [-0.3, -0.25) is 4.79 Å². The van der Waals surface area contributed by atoms with Gasteiger partial charge in [-0.1, -0.05) is 24.3 Å². The van der Waals surface area contributed by atoms with Gasteiger partial charge in [0, 0.05) is 23.5 Å². The van der Waals surface area contributed by atoms with Gasteiger partial charge in [-0.15, -0.1) is 0 Å². The van der Waals surface area contributed by atoms with E-state index in [1.54, 1.807) is 13.1 Å². The van der Waals surface area contributed by atoms with E-state index in [4.69, 9.17) is 4.42 Å². The second kappa shape index (κ2) is 5.48. The lowest BCUT2D eigenvalue weighted by Gasteiger charge is -2.01. The van der Waals surface area contributed by atoms with Crippen LogP contribution in [0, 0.1) is 0 Å². The van der Waals surface area contributed by atoms with Crippen molar-refractivity contribution in [2.24, 2.45) is 0 Å². The van der Waals surface area contributed by atoms with E-state index < -0.39 is 0 Å². The molecule has 2 N–H and O–H groups in total. The van der Waals surface area contributed by atoms with E-state index in [0.29, 0.717) is 10.8 Å². The summed E-state index contributed by atoms with van der Waals surface area (Å²) in [6, 6.07) is 13.3. The van der Waals surface area contributed by atoms with Crippen LogP contribution in [-0.4, -0.2) is 22.9 Å². The lowest BCUT2D eigenvalue weighted by atomic mass is 10.1. The van der Waals surface area contributed by atoms with Gasteiger partial charge in [0.05, 0.1) is 11.1 Å². The normalized spacial score (nSPS) is 11.2. The molecule has 0 spiro atoms. The minimum Gasteiger partial charge on any atom is -0.431 e. The maximum atomic E-state index is 11.9. The molecule has 0 radical (unpaired) electrons. The molecule has 114 valence electrons. The van der Waals surface area contributed by atoms with Gasteiger partial charge in [-0.25, -0.2) is 4.98 Å². The Morgan fingerprint density at radius 3 is 2.91 bits per heavy atom. The Hall–Kier alpha value is -2.73. The van der Waals surface area contributed by atoms with Crippen molar-refractivity contribution >= 4 is 39.7 Å². The summed E-state index contributed by atoms with van der Waals surface area (Å²) < 4.78 is 5.75. The SMILES string of the molecule is CNC(=O)c1cccc2c(Sc3nc4ccccc4o3)c[nH]c12. The number of amides is 1. The monoisotopic (exact) mass is 323 g/mol. The van der Waals surface area contributed by atoms with E-state index in [1.165, 1.54) is 11.8 Å². The number of aromatic amines is 1.